The molecule has 0 aliphatic heterocycles. The Morgan fingerprint density at radius 2 is 1.96 bits per heavy atom. The Hall–Kier alpha value is -2.21. The smallest absolute Gasteiger partial charge is 0.273 e. The maximum absolute atomic E-state index is 12.8. The van der Waals surface area contributed by atoms with Crippen LogP contribution < -0.4 is 9.47 Å². The molecule has 24 heavy (non-hydrogen) atoms. The molecule has 0 aliphatic rings. The van der Waals surface area contributed by atoms with E-state index in [1.807, 2.05) is 25.1 Å². The summed E-state index contributed by atoms with van der Waals surface area (Å²) in [6, 6.07) is 5.57. The Bertz CT molecular complexity index is 743. The van der Waals surface area contributed by atoms with Gasteiger partial charge in [0.1, 0.15) is 5.69 Å². The van der Waals surface area contributed by atoms with Crippen molar-refractivity contribution in [2.24, 2.45) is 0 Å². The number of carbonyl (C=O) groups is 1. The number of benzene rings is 1. The molecule has 7 heteroatoms. The van der Waals surface area contributed by atoms with E-state index < -0.39 is 0 Å². The highest BCUT2D eigenvalue weighted by Gasteiger charge is 2.23. The summed E-state index contributed by atoms with van der Waals surface area (Å²) in [6.45, 7) is 4.72. The second-order valence-electron chi connectivity index (χ2n) is 5.41. The van der Waals surface area contributed by atoms with Crippen LogP contribution in [0.5, 0.6) is 11.5 Å². The molecule has 0 unspecified atom stereocenters. The van der Waals surface area contributed by atoms with Gasteiger partial charge in [0.2, 0.25) is 0 Å². The first-order valence-electron chi connectivity index (χ1n) is 7.62. The molecule has 2 rings (SSSR count). The number of ether oxygens (including phenoxy) is 2. The van der Waals surface area contributed by atoms with Crippen molar-refractivity contribution < 1.29 is 14.3 Å². The van der Waals surface area contributed by atoms with Crippen LogP contribution in [0.15, 0.2) is 18.2 Å². The molecule has 0 bridgehead atoms. The number of aromatic nitrogens is 2. The third-order valence-electron chi connectivity index (χ3n) is 3.77. The lowest BCUT2D eigenvalue weighted by atomic mass is 10.2. The minimum Gasteiger partial charge on any atom is -0.493 e. The second kappa shape index (κ2) is 7.57. The van der Waals surface area contributed by atoms with Crippen LogP contribution >= 0.6 is 11.6 Å². The molecule has 0 N–H and O–H groups in total. The number of carbonyl (C=O) groups excluding carboxylic acids is 1. The van der Waals surface area contributed by atoms with Crippen LogP contribution in [0.2, 0.25) is 5.02 Å². The Morgan fingerprint density at radius 3 is 2.54 bits per heavy atom. The van der Waals surface area contributed by atoms with Crippen LogP contribution in [0.1, 0.15) is 28.7 Å². The molecule has 1 amide bonds. The molecule has 130 valence electrons. The first-order valence-corrected chi connectivity index (χ1v) is 7.99. The fraction of sp³-hybridized carbons (Fsp3) is 0.412. The molecular formula is C17H22ClN3O3. The molecule has 0 atom stereocenters. The zero-order valence-corrected chi connectivity index (χ0v) is 15.3. The lowest BCUT2D eigenvalue weighted by Gasteiger charge is -2.19. The van der Waals surface area contributed by atoms with Gasteiger partial charge in [-0.3, -0.25) is 9.48 Å². The maximum Gasteiger partial charge on any atom is 0.273 e. The van der Waals surface area contributed by atoms with Gasteiger partial charge in [0.05, 0.1) is 24.9 Å². The van der Waals surface area contributed by atoms with Crippen molar-refractivity contribution >= 4 is 17.5 Å². The van der Waals surface area contributed by atoms with Gasteiger partial charge in [0.15, 0.2) is 11.5 Å². The van der Waals surface area contributed by atoms with E-state index in [-0.39, 0.29) is 5.91 Å². The molecule has 1 aromatic heterocycles. The summed E-state index contributed by atoms with van der Waals surface area (Å²) in [4.78, 5) is 14.4. The Kier molecular flexibility index (Phi) is 5.72. The van der Waals surface area contributed by atoms with E-state index in [1.165, 1.54) is 0 Å². The predicted octanol–water partition coefficient (Wildman–Crippen LogP) is 3.15. The molecule has 2 aromatic rings. The van der Waals surface area contributed by atoms with Crippen LogP contribution in [0.4, 0.5) is 0 Å². The van der Waals surface area contributed by atoms with E-state index in [0.717, 1.165) is 5.56 Å². The van der Waals surface area contributed by atoms with Gasteiger partial charge >= 0.3 is 0 Å². The van der Waals surface area contributed by atoms with Gasteiger partial charge in [-0.15, -0.1) is 0 Å². The third kappa shape index (κ3) is 3.48. The minimum absolute atomic E-state index is 0.169. The number of rotatable bonds is 6. The van der Waals surface area contributed by atoms with E-state index in [2.05, 4.69) is 5.10 Å². The Balaban J connectivity index is 2.24. The summed E-state index contributed by atoms with van der Waals surface area (Å²) in [5.41, 5.74) is 2.00. The summed E-state index contributed by atoms with van der Waals surface area (Å²) >= 11 is 6.25. The SMILES string of the molecule is CCn1nc(C)c(Cl)c1C(=O)N(C)Cc1ccc(OC)c(OC)c1. The van der Waals surface area contributed by atoms with Gasteiger partial charge in [0, 0.05) is 20.1 Å². The number of nitrogens with zero attached hydrogens (tertiary/aromatic N) is 3. The van der Waals surface area contributed by atoms with Gasteiger partial charge in [-0.05, 0) is 31.5 Å². The molecule has 0 saturated carbocycles. The topological polar surface area (TPSA) is 56.6 Å². The van der Waals surface area contributed by atoms with Crippen LogP contribution in [-0.2, 0) is 13.1 Å². The Labute approximate surface area is 146 Å². The number of hydrogen-bond acceptors (Lipinski definition) is 4. The largest absolute Gasteiger partial charge is 0.493 e. The van der Waals surface area contributed by atoms with Gasteiger partial charge in [-0.2, -0.15) is 5.10 Å². The van der Waals surface area contributed by atoms with E-state index >= 15 is 0 Å². The highest BCUT2D eigenvalue weighted by Crippen LogP contribution is 2.28. The first-order chi connectivity index (χ1) is 11.4. The summed E-state index contributed by atoms with van der Waals surface area (Å²) in [5.74, 6) is 1.11. The van der Waals surface area contributed by atoms with E-state index in [4.69, 9.17) is 21.1 Å². The van der Waals surface area contributed by atoms with E-state index in [9.17, 15) is 4.79 Å². The normalized spacial score (nSPS) is 10.6. The number of halogens is 1. The molecular weight excluding hydrogens is 330 g/mol. The molecule has 0 spiro atoms. The maximum atomic E-state index is 12.8. The zero-order chi connectivity index (χ0) is 17.9. The van der Waals surface area contributed by atoms with Crippen LogP contribution in [0.3, 0.4) is 0 Å². The molecule has 1 heterocycles. The number of hydrogen-bond donors (Lipinski definition) is 0. The molecule has 1 aromatic carbocycles. The minimum atomic E-state index is -0.169. The highest BCUT2D eigenvalue weighted by atomic mass is 35.5. The van der Waals surface area contributed by atoms with Gasteiger partial charge in [-0.1, -0.05) is 17.7 Å². The highest BCUT2D eigenvalue weighted by molar-refractivity contribution is 6.34. The van der Waals surface area contributed by atoms with Gasteiger partial charge < -0.3 is 14.4 Å². The number of amides is 1. The predicted molar refractivity (Wildman–Crippen MR) is 93.0 cm³/mol. The van der Waals surface area contributed by atoms with Crippen molar-refractivity contribution in [2.45, 2.75) is 26.9 Å². The average Bonchev–Trinajstić information content (AvgIpc) is 2.88. The summed E-state index contributed by atoms with van der Waals surface area (Å²) in [6.07, 6.45) is 0. The molecule has 0 aliphatic carbocycles. The fourth-order valence-electron chi connectivity index (χ4n) is 2.50. The van der Waals surface area contributed by atoms with Crippen molar-refractivity contribution in [3.05, 3.63) is 40.2 Å². The monoisotopic (exact) mass is 351 g/mol. The number of aryl methyl sites for hydroxylation is 2. The van der Waals surface area contributed by atoms with E-state index in [0.29, 0.717) is 41.0 Å². The fourth-order valence-corrected chi connectivity index (χ4v) is 2.71. The molecule has 6 nitrogen and oxygen atoms in total. The van der Waals surface area contributed by atoms with Crippen LogP contribution in [0.25, 0.3) is 0 Å². The van der Waals surface area contributed by atoms with Crippen molar-refractivity contribution in [1.82, 2.24) is 14.7 Å². The standard InChI is InChI=1S/C17H22ClN3O3/c1-6-21-16(15(18)11(2)19-21)17(22)20(3)10-12-7-8-13(23-4)14(9-12)24-5/h7-9H,6,10H2,1-5H3. The quantitative estimate of drug-likeness (QED) is 0.802. The van der Waals surface area contributed by atoms with Crippen molar-refractivity contribution in [2.75, 3.05) is 21.3 Å². The number of methoxy groups -OCH3 is 2. The summed E-state index contributed by atoms with van der Waals surface area (Å²) in [5, 5.41) is 4.69. The van der Waals surface area contributed by atoms with Crippen molar-refractivity contribution in [3.8, 4) is 11.5 Å². The van der Waals surface area contributed by atoms with Crippen molar-refractivity contribution in [3.63, 3.8) is 0 Å². The van der Waals surface area contributed by atoms with Crippen molar-refractivity contribution in [1.29, 1.82) is 0 Å². The average molecular weight is 352 g/mol. The second-order valence-corrected chi connectivity index (χ2v) is 5.79. The third-order valence-corrected chi connectivity index (χ3v) is 4.22. The van der Waals surface area contributed by atoms with Gasteiger partial charge in [0.25, 0.3) is 5.91 Å². The van der Waals surface area contributed by atoms with Crippen LogP contribution in [0, 0.1) is 6.92 Å². The Morgan fingerprint density at radius 1 is 1.29 bits per heavy atom. The lowest BCUT2D eigenvalue weighted by Crippen LogP contribution is -2.28. The zero-order valence-electron chi connectivity index (χ0n) is 14.6. The lowest BCUT2D eigenvalue weighted by molar-refractivity contribution is 0.0773. The molecule has 0 saturated heterocycles. The van der Waals surface area contributed by atoms with Gasteiger partial charge in [-0.25, -0.2) is 0 Å². The first kappa shape index (κ1) is 18.1. The van der Waals surface area contributed by atoms with E-state index in [1.54, 1.807) is 37.8 Å². The van der Waals surface area contributed by atoms with Crippen LogP contribution in [-0.4, -0.2) is 41.9 Å². The summed E-state index contributed by atoms with van der Waals surface area (Å²) in [7, 11) is 4.90. The molecule has 0 radical (unpaired) electrons. The summed E-state index contributed by atoms with van der Waals surface area (Å²) < 4.78 is 12.2. The molecule has 0 fully saturated rings.